The van der Waals surface area contributed by atoms with Crippen molar-refractivity contribution in [3.8, 4) is 0 Å². The van der Waals surface area contributed by atoms with Crippen molar-refractivity contribution >= 4 is 29.5 Å². The molecule has 0 bridgehead atoms. The largest absolute Gasteiger partial charge is 0.445 e. The van der Waals surface area contributed by atoms with Crippen LogP contribution in [0.15, 0.2) is 0 Å². The van der Waals surface area contributed by atoms with Crippen LogP contribution in [0.5, 0.6) is 0 Å². The number of hydrogen-bond donors (Lipinski definition) is 3. The lowest BCUT2D eigenvalue weighted by atomic mass is 9.81. The van der Waals surface area contributed by atoms with Crippen LogP contribution in [0.3, 0.4) is 0 Å². The van der Waals surface area contributed by atoms with Gasteiger partial charge in [0, 0.05) is 6.42 Å². The lowest BCUT2D eigenvalue weighted by Gasteiger charge is -2.31. The van der Waals surface area contributed by atoms with Crippen LogP contribution in [-0.4, -0.2) is 82.4 Å². The molecule has 11 nitrogen and oxygen atoms in total. The number of rotatable bonds is 23. The first-order valence-electron chi connectivity index (χ1n) is 15.8. The van der Waals surface area contributed by atoms with Gasteiger partial charge in [0.15, 0.2) is 0 Å². The summed E-state index contributed by atoms with van der Waals surface area (Å²) in [5.74, 6) is -7.43. The SMILES string of the molecule is CCCCCCCCCCCCCCCCC(C(=O)CCC)C(=O)C1(CO)OC(=O)C(CO)OC(=O)C(CO)OC1=O. The van der Waals surface area contributed by atoms with E-state index in [0.717, 1.165) is 25.7 Å². The van der Waals surface area contributed by atoms with Crippen molar-refractivity contribution in [1.29, 1.82) is 0 Å². The lowest BCUT2D eigenvalue weighted by molar-refractivity contribution is -0.196. The summed E-state index contributed by atoms with van der Waals surface area (Å²) in [6.45, 7) is 0.502. The second-order valence-electron chi connectivity index (χ2n) is 11.1. The molecule has 1 aliphatic heterocycles. The van der Waals surface area contributed by atoms with Crippen molar-refractivity contribution < 1.29 is 53.5 Å². The fourth-order valence-corrected chi connectivity index (χ4v) is 5.05. The number of unbranched alkanes of at least 4 members (excludes halogenated alkanes) is 13. The molecule has 1 aliphatic rings. The summed E-state index contributed by atoms with van der Waals surface area (Å²) in [4.78, 5) is 64.7. The quantitative estimate of drug-likeness (QED) is 0.0678. The standard InChI is InChI=1S/C31H52O11/c1-3-5-6-7-8-9-10-11-12-13-14-15-16-17-19-23(24(35)18-4-2)27(36)31(22-34)30(39)41-25(20-32)28(37)40-26(21-33)29(38)42-31/h23,25-26,32-34H,3-22H2,1-2H3. The van der Waals surface area contributed by atoms with Crippen molar-refractivity contribution in [2.45, 2.75) is 141 Å². The molecule has 0 amide bonds. The minimum Gasteiger partial charge on any atom is -0.445 e. The second-order valence-corrected chi connectivity index (χ2v) is 11.1. The molecule has 0 spiro atoms. The number of aliphatic hydroxyl groups is 3. The number of carbonyl (C=O) groups excluding carboxylic acids is 5. The first-order chi connectivity index (χ1) is 20.2. The summed E-state index contributed by atoms with van der Waals surface area (Å²) in [5, 5.41) is 29.2. The molecule has 0 radical (unpaired) electrons. The van der Waals surface area contributed by atoms with Gasteiger partial charge in [0.25, 0.3) is 5.60 Å². The Hall–Kier alpha value is -2.37. The third-order valence-electron chi connectivity index (χ3n) is 7.64. The van der Waals surface area contributed by atoms with Gasteiger partial charge in [-0.1, -0.05) is 104 Å². The summed E-state index contributed by atoms with van der Waals surface area (Å²) in [7, 11) is 0. The Bertz CT molecular complexity index is 841. The van der Waals surface area contributed by atoms with Crippen LogP contribution in [0.4, 0.5) is 0 Å². The molecule has 0 saturated carbocycles. The third kappa shape index (κ3) is 12.1. The summed E-state index contributed by atoms with van der Waals surface area (Å²) in [5.41, 5.74) is -2.96. The zero-order chi connectivity index (χ0) is 31.4. The molecule has 0 aliphatic carbocycles. The molecule has 1 saturated heterocycles. The molecule has 4 unspecified atom stereocenters. The number of hydrogen-bond acceptors (Lipinski definition) is 11. The molecule has 0 aromatic heterocycles. The molecule has 1 rings (SSSR count). The first-order valence-corrected chi connectivity index (χ1v) is 15.8. The molecule has 3 N–H and O–H groups in total. The summed E-state index contributed by atoms with van der Waals surface area (Å²) in [6.07, 6.45) is 12.4. The Balaban J connectivity index is 2.79. The summed E-state index contributed by atoms with van der Waals surface area (Å²) in [6, 6.07) is 0. The van der Waals surface area contributed by atoms with E-state index >= 15 is 0 Å². The van der Waals surface area contributed by atoms with E-state index in [1.54, 1.807) is 6.92 Å². The van der Waals surface area contributed by atoms with Gasteiger partial charge in [0.05, 0.1) is 19.1 Å². The summed E-state index contributed by atoms with van der Waals surface area (Å²) < 4.78 is 14.7. The first kappa shape index (κ1) is 37.7. The number of aliphatic hydroxyl groups excluding tert-OH is 3. The van der Waals surface area contributed by atoms with Crippen LogP contribution in [0, 0.1) is 5.92 Å². The number of Topliss-reactive ketones (excluding diaryl/α,β-unsaturated/α-hetero) is 2. The number of cyclic esters (lactones) is 3. The maximum Gasteiger partial charge on any atom is 0.362 e. The maximum atomic E-state index is 13.7. The molecule has 42 heavy (non-hydrogen) atoms. The van der Waals surface area contributed by atoms with E-state index in [9.17, 15) is 39.3 Å². The predicted molar refractivity (Wildman–Crippen MR) is 153 cm³/mol. The Morgan fingerprint density at radius 1 is 0.690 bits per heavy atom. The highest BCUT2D eigenvalue weighted by Gasteiger charge is 2.57. The normalized spacial score (nSPS) is 21.9. The highest BCUT2D eigenvalue weighted by atomic mass is 16.7. The minimum atomic E-state index is -2.96. The van der Waals surface area contributed by atoms with Gasteiger partial charge in [0.2, 0.25) is 18.0 Å². The minimum absolute atomic E-state index is 0.0274. The Kier molecular flexibility index (Phi) is 19.1. The fraction of sp³-hybridized carbons (Fsp3) is 0.839. The van der Waals surface area contributed by atoms with Crippen LogP contribution in [-0.2, 0) is 38.2 Å². The smallest absolute Gasteiger partial charge is 0.362 e. The Morgan fingerprint density at radius 2 is 1.17 bits per heavy atom. The van der Waals surface area contributed by atoms with Crippen LogP contribution in [0.2, 0.25) is 0 Å². The van der Waals surface area contributed by atoms with Gasteiger partial charge in [-0.2, -0.15) is 0 Å². The number of ketones is 2. The van der Waals surface area contributed by atoms with Crippen molar-refractivity contribution in [3.63, 3.8) is 0 Å². The van der Waals surface area contributed by atoms with Crippen LogP contribution < -0.4 is 0 Å². The highest BCUT2D eigenvalue weighted by molar-refractivity contribution is 6.17. The van der Waals surface area contributed by atoms with E-state index in [4.69, 9.17) is 14.2 Å². The van der Waals surface area contributed by atoms with Gasteiger partial charge >= 0.3 is 17.9 Å². The second kappa shape index (κ2) is 21.3. The van der Waals surface area contributed by atoms with Gasteiger partial charge in [-0.25, -0.2) is 14.4 Å². The monoisotopic (exact) mass is 600 g/mol. The van der Waals surface area contributed by atoms with Gasteiger partial charge in [-0.15, -0.1) is 0 Å². The van der Waals surface area contributed by atoms with E-state index in [2.05, 4.69) is 6.92 Å². The van der Waals surface area contributed by atoms with E-state index in [-0.39, 0.29) is 12.8 Å². The van der Waals surface area contributed by atoms with Crippen molar-refractivity contribution in [2.75, 3.05) is 19.8 Å². The van der Waals surface area contributed by atoms with E-state index in [1.807, 2.05) is 0 Å². The molecular weight excluding hydrogens is 548 g/mol. The molecule has 242 valence electrons. The lowest BCUT2D eigenvalue weighted by Crippen LogP contribution is -2.58. The van der Waals surface area contributed by atoms with Gasteiger partial charge < -0.3 is 29.5 Å². The van der Waals surface area contributed by atoms with Gasteiger partial charge in [-0.05, 0) is 12.8 Å². The van der Waals surface area contributed by atoms with Crippen molar-refractivity contribution in [2.24, 2.45) is 5.92 Å². The average molecular weight is 601 g/mol. The van der Waals surface area contributed by atoms with Crippen LogP contribution in [0.25, 0.3) is 0 Å². The zero-order valence-electron chi connectivity index (χ0n) is 25.5. The zero-order valence-corrected chi connectivity index (χ0v) is 25.5. The molecule has 0 aromatic rings. The maximum absolute atomic E-state index is 13.7. The number of esters is 3. The molecule has 0 aromatic carbocycles. The van der Waals surface area contributed by atoms with Crippen LogP contribution in [0.1, 0.15) is 123 Å². The van der Waals surface area contributed by atoms with E-state index < -0.39 is 73.0 Å². The van der Waals surface area contributed by atoms with Crippen molar-refractivity contribution in [3.05, 3.63) is 0 Å². The van der Waals surface area contributed by atoms with Crippen LogP contribution >= 0.6 is 0 Å². The van der Waals surface area contributed by atoms with E-state index in [1.165, 1.54) is 57.8 Å². The molecule has 4 atom stereocenters. The average Bonchev–Trinajstić information content (AvgIpc) is 3.01. The Labute approximate surface area is 249 Å². The Morgan fingerprint density at radius 3 is 1.62 bits per heavy atom. The highest BCUT2D eigenvalue weighted by Crippen LogP contribution is 2.28. The van der Waals surface area contributed by atoms with Gasteiger partial charge in [-0.3, -0.25) is 9.59 Å². The number of ether oxygens (including phenoxy) is 3. The topological polar surface area (TPSA) is 174 Å². The predicted octanol–water partition coefficient (Wildman–Crippen LogP) is 3.51. The fourth-order valence-electron chi connectivity index (χ4n) is 5.05. The molecular formula is C31H52O11. The molecule has 11 heteroatoms. The molecule has 1 heterocycles. The van der Waals surface area contributed by atoms with E-state index in [0.29, 0.717) is 12.8 Å². The van der Waals surface area contributed by atoms with Crippen molar-refractivity contribution in [1.82, 2.24) is 0 Å². The van der Waals surface area contributed by atoms with Gasteiger partial charge in [0.1, 0.15) is 12.4 Å². The third-order valence-corrected chi connectivity index (χ3v) is 7.64. The summed E-state index contributed by atoms with van der Waals surface area (Å²) >= 11 is 0. The molecule has 1 fully saturated rings. The number of carbonyl (C=O) groups is 5.